The lowest BCUT2D eigenvalue weighted by molar-refractivity contribution is -0.384. The van der Waals surface area contributed by atoms with E-state index in [0.717, 1.165) is 26.6 Å². The number of carbonyl (C=O) groups is 1. The molecule has 1 atom stereocenters. The average molecular weight is 406 g/mol. The summed E-state index contributed by atoms with van der Waals surface area (Å²) in [6.07, 6.45) is 0. The Hall–Kier alpha value is -3.45. The van der Waals surface area contributed by atoms with Crippen LogP contribution >= 0.6 is 11.3 Å². The summed E-state index contributed by atoms with van der Waals surface area (Å²) in [4.78, 5) is 24.1. The molecular weight excluding hydrogens is 388 g/mol. The van der Waals surface area contributed by atoms with E-state index in [0.29, 0.717) is 11.3 Å². The molecule has 2 N–H and O–H groups in total. The van der Waals surface area contributed by atoms with Crippen molar-refractivity contribution < 1.29 is 14.8 Å². The number of nitrogens with one attached hydrogen (secondary N) is 1. The molecule has 0 aliphatic carbocycles. The van der Waals surface area contributed by atoms with Gasteiger partial charge in [-0.15, -0.1) is 11.3 Å². The summed E-state index contributed by atoms with van der Waals surface area (Å²) >= 11 is 1.57. The summed E-state index contributed by atoms with van der Waals surface area (Å²) in [5.41, 5.74) is 4.09. The minimum atomic E-state index is -1.04. The minimum absolute atomic E-state index is 0.0572. The summed E-state index contributed by atoms with van der Waals surface area (Å²) in [6, 6.07) is 16.0. The Morgan fingerprint density at radius 1 is 1.14 bits per heavy atom. The SMILES string of the molecule is CC1=C(C(=O)O)C(c2cccc([N+](=O)[O-])c2)c2c(sc(C)c2-c2ccccc2)N1. The molecule has 0 saturated heterocycles. The Bertz CT molecular complexity index is 1160. The second kappa shape index (κ2) is 7.18. The van der Waals surface area contributed by atoms with E-state index in [1.54, 1.807) is 30.4 Å². The second-order valence-corrected chi connectivity index (χ2v) is 8.12. The fourth-order valence-electron chi connectivity index (χ4n) is 3.93. The topological polar surface area (TPSA) is 92.5 Å². The summed E-state index contributed by atoms with van der Waals surface area (Å²) in [5, 5.41) is 25.4. The third-order valence-corrected chi connectivity index (χ3v) is 6.15. The van der Waals surface area contributed by atoms with Gasteiger partial charge in [0.05, 0.1) is 15.5 Å². The van der Waals surface area contributed by atoms with Gasteiger partial charge in [0.2, 0.25) is 0 Å². The molecule has 1 aliphatic rings. The molecule has 29 heavy (non-hydrogen) atoms. The zero-order chi connectivity index (χ0) is 20.7. The zero-order valence-electron chi connectivity index (χ0n) is 15.8. The van der Waals surface area contributed by atoms with Gasteiger partial charge in [-0.2, -0.15) is 0 Å². The number of nitro groups is 1. The smallest absolute Gasteiger partial charge is 0.334 e. The van der Waals surface area contributed by atoms with Crippen LogP contribution in [0.15, 0.2) is 65.9 Å². The number of aryl methyl sites for hydroxylation is 1. The van der Waals surface area contributed by atoms with Gasteiger partial charge in [-0.3, -0.25) is 10.1 Å². The van der Waals surface area contributed by atoms with Crippen LogP contribution in [0.5, 0.6) is 0 Å². The van der Waals surface area contributed by atoms with Crippen LogP contribution < -0.4 is 5.32 Å². The van der Waals surface area contributed by atoms with E-state index in [1.807, 2.05) is 37.3 Å². The number of fused-ring (bicyclic) bond motifs is 1. The maximum absolute atomic E-state index is 12.2. The number of hydrogen-bond donors (Lipinski definition) is 2. The van der Waals surface area contributed by atoms with Gasteiger partial charge >= 0.3 is 5.97 Å². The first-order chi connectivity index (χ1) is 13.9. The van der Waals surface area contributed by atoms with Gasteiger partial charge < -0.3 is 10.4 Å². The third-order valence-electron chi connectivity index (χ3n) is 5.11. The van der Waals surface area contributed by atoms with Gasteiger partial charge in [0, 0.05) is 39.8 Å². The van der Waals surface area contributed by atoms with Crippen molar-refractivity contribution in [3.8, 4) is 11.1 Å². The van der Waals surface area contributed by atoms with Crippen molar-refractivity contribution in [2.24, 2.45) is 0 Å². The molecule has 3 aromatic rings. The highest BCUT2D eigenvalue weighted by atomic mass is 32.1. The molecule has 0 spiro atoms. The summed E-state index contributed by atoms with van der Waals surface area (Å²) in [5.74, 6) is -1.65. The Kier molecular flexibility index (Phi) is 4.68. The Balaban J connectivity index is 2.02. The van der Waals surface area contributed by atoms with Crippen LogP contribution in [0.3, 0.4) is 0 Å². The van der Waals surface area contributed by atoms with E-state index in [1.165, 1.54) is 12.1 Å². The number of anilines is 1. The molecule has 1 aliphatic heterocycles. The number of benzene rings is 2. The molecule has 2 aromatic carbocycles. The van der Waals surface area contributed by atoms with Crippen LogP contribution in [0, 0.1) is 17.0 Å². The standard InChI is InChI=1S/C22H18N2O4S/c1-12-17(22(25)26)19(15-9-6-10-16(11-15)24(27)28)20-18(13(2)29-21(20)23-12)14-7-4-3-5-8-14/h3-11,19,23H,1-2H3,(H,25,26). The maximum atomic E-state index is 12.2. The van der Waals surface area contributed by atoms with E-state index in [9.17, 15) is 20.0 Å². The highest BCUT2D eigenvalue weighted by Gasteiger charge is 2.36. The van der Waals surface area contributed by atoms with Crippen LogP contribution in [0.4, 0.5) is 10.7 Å². The number of rotatable bonds is 4. The van der Waals surface area contributed by atoms with Crippen molar-refractivity contribution in [1.29, 1.82) is 0 Å². The van der Waals surface area contributed by atoms with Gasteiger partial charge in [-0.25, -0.2) is 4.79 Å². The maximum Gasteiger partial charge on any atom is 0.334 e. The second-order valence-electron chi connectivity index (χ2n) is 6.90. The van der Waals surface area contributed by atoms with Gasteiger partial charge in [-0.05, 0) is 25.0 Å². The average Bonchev–Trinajstić information content (AvgIpc) is 3.02. The van der Waals surface area contributed by atoms with Crippen LogP contribution in [0.25, 0.3) is 11.1 Å². The monoisotopic (exact) mass is 406 g/mol. The van der Waals surface area contributed by atoms with E-state index < -0.39 is 16.8 Å². The third kappa shape index (κ3) is 3.19. The fraction of sp³-hybridized carbons (Fsp3) is 0.136. The zero-order valence-corrected chi connectivity index (χ0v) is 16.6. The van der Waals surface area contributed by atoms with Crippen LogP contribution in [0.1, 0.15) is 28.8 Å². The molecule has 0 saturated carbocycles. The number of nitro benzene ring substituents is 1. The van der Waals surface area contributed by atoms with Crippen molar-refractivity contribution in [3.05, 3.63) is 92.0 Å². The number of aliphatic carboxylic acids is 1. The van der Waals surface area contributed by atoms with E-state index in [-0.39, 0.29) is 11.3 Å². The summed E-state index contributed by atoms with van der Waals surface area (Å²) < 4.78 is 0. The number of non-ortho nitro benzene ring substituents is 1. The van der Waals surface area contributed by atoms with E-state index in [4.69, 9.17) is 0 Å². The fourth-order valence-corrected chi connectivity index (χ4v) is 5.10. The predicted octanol–water partition coefficient (Wildman–Crippen LogP) is 5.55. The Labute approximate surface area is 171 Å². The summed E-state index contributed by atoms with van der Waals surface area (Å²) in [7, 11) is 0. The number of carboxylic acids is 1. The Morgan fingerprint density at radius 2 is 1.86 bits per heavy atom. The number of allylic oxidation sites excluding steroid dienone is 1. The molecule has 2 heterocycles. The summed E-state index contributed by atoms with van der Waals surface area (Å²) in [6.45, 7) is 3.74. The molecular formula is C22H18N2O4S. The van der Waals surface area contributed by atoms with Crippen LogP contribution in [0.2, 0.25) is 0 Å². The Morgan fingerprint density at radius 3 is 2.52 bits per heavy atom. The molecule has 6 nitrogen and oxygen atoms in total. The molecule has 0 amide bonds. The predicted molar refractivity (Wildman–Crippen MR) is 113 cm³/mol. The first kappa shape index (κ1) is 18.9. The first-order valence-electron chi connectivity index (χ1n) is 9.02. The van der Waals surface area contributed by atoms with Crippen LogP contribution in [-0.4, -0.2) is 16.0 Å². The lowest BCUT2D eigenvalue weighted by Gasteiger charge is -2.28. The number of thiophene rings is 1. The van der Waals surface area contributed by atoms with Crippen molar-refractivity contribution in [2.75, 3.05) is 5.32 Å². The highest BCUT2D eigenvalue weighted by Crippen LogP contribution is 2.51. The molecule has 1 aromatic heterocycles. The van der Waals surface area contributed by atoms with Gasteiger partial charge in [0.1, 0.15) is 0 Å². The molecule has 0 bridgehead atoms. The van der Waals surface area contributed by atoms with Crippen LogP contribution in [-0.2, 0) is 4.79 Å². The molecule has 0 radical (unpaired) electrons. The number of carboxylic acid groups (broad SMARTS) is 1. The molecule has 0 fully saturated rings. The first-order valence-corrected chi connectivity index (χ1v) is 9.84. The highest BCUT2D eigenvalue weighted by molar-refractivity contribution is 7.16. The lowest BCUT2D eigenvalue weighted by atomic mass is 9.79. The van der Waals surface area contributed by atoms with Gasteiger partial charge in [-0.1, -0.05) is 42.5 Å². The van der Waals surface area contributed by atoms with Gasteiger partial charge in [0.15, 0.2) is 0 Å². The van der Waals surface area contributed by atoms with Crippen molar-refractivity contribution >= 4 is 28.0 Å². The van der Waals surface area contributed by atoms with Crippen molar-refractivity contribution in [2.45, 2.75) is 19.8 Å². The van der Waals surface area contributed by atoms with Crippen molar-refractivity contribution in [1.82, 2.24) is 0 Å². The van der Waals surface area contributed by atoms with Gasteiger partial charge in [0.25, 0.3) is 5.69 Å². The van der Waals surface area contributed by atoms with E-state index in [2.05, 4.69) is 5.32 Å². The number of nitrogens with zero attached hydrogens (tertiary/aromatic N) is 1. The quantitative estimate of drug-likeness (QED) is 0.438. The molecule has 146 valence electrons. The molecule has 7 heteroatoms. The minimum Gasteiger partial charge on any atom is -0.478 e. The normalized spacial score (nSPS) is 15.6. The largest absolute Gasteiger partial charge is 0.478 e. The molecule has 4 rings (SSSR count). The van der Waals surface area contributed by atoms with E-state index >= 15 is 0 Å². The van der Waals surface area contributed by atoms with Crippen molar-refractivity contribution in [3.63, 3.8) is 0 Å². The lowest BCUT2D eigenvalue weighted by Crippen LogP contribution is -2.22. The number of hydrogen-bond acceptors (Lipinski definition) is 5. The molecule has 1 unspecified atom stereocenters.